The second-order valence-corrected chi connectivity index (χ2v) is 5.29. The van der Waals surface area contributed by atoms with Gasteiger partial charge in [0.2, 0.25) is 0 Å². The van der Waals surface area contributed by atoms with Crippen molar-refractivity contribution in [1.29, 1.82) is 0 Å². The number of aliphatic hydroxyl groups is 1. The van der Waals surface area contributed by atoms with E-state index in [9.17, 15) is 5.11 Å². The third kappa shape index (κ3) is 3.32. The van der Waals surface area contributed by atoms with Gasteiger partial charge in [-0.3, -0.25) is 4.90 Å². The van der Waals surface area contributed by atoms with Gasteiger partial charge >= 0.3 is 0 Å². The zero-order valence-electron chi connectivity index (χ0n) is 10.9. The van der Waals surface area contributed by atoms with Gasteiger partial charge in [0.05, 0.1) is 12.6 Å². The van der Waals surface area contributed by atoms with Gasteiger partial charge in [-0.2, -0.15) is 0 Å². The zero-order chi connectivity index (χ0) is 12.3. The average Bonchev–Trinajstić information content (AvgIpc) is 2.50. The Morgan fingerprint density at radius 1 is 1.56 bits per heavy atom. The van der Waals surface area contributed by atoms with Crippen LogP contribution in [0.15, 0.2) is 12.4 Å². The van der Waals surface area contributed by atoms with Gasteiger partial charge in [0, 0.05) is 31.4 Å². The minimum absolute atomic E-state index is 0.0973. The van der Waals surface area contributed by atoms with Crippen molar-refractivity contribution in [2.75, 3.05) is 13.6 Å². The highest BCUT2D eigenvalue weighted by Gasteiger charge is 2.25. The number of rotatable bonds is 5. The summed E-state index contributed by atoms with van der Waals surface area (Å²) in [7, 11) is 4.05. The topological polar surface area (TPSA) is 41.3 Å². The lowest BCUT2D eigenvalue weighted by molar-refractivity contribution is 0.0385. The molecule has 0 aromatic carbocycles. The fraction of sp³-hybridized carbons (Fsp3) is 0.750. The van der Waals surface area contributed by atoms with Gasteiger partial charge in [-0.15, -0.1) is 0 Å². The van der Waals surface area contributed by atoms with Crippen molar-refractivity contribution in [3.05, 3.63) is 18.2 Å². The van der Waals surface area contributed by atoms with Crippen molar-refractivity contribution >= 4 is 0 Å². The predicted octanol–water partition coefficient (Wildman–Crippen LogP) is 1.26. The van der Waals surface area contributed by atoms with E-state index >= 15 is 0 Å². The second-order valence-electron chi connectivity index (χ2n) is 5.29. The molecule has 0 spiro atoms. The Morgan fingerprint density at radius 2 is 2.19 bits per heavy atom. The van der Waals surface area contributed by atoms with E-state index in [-0.39, 0.29) is 11.5 Å². The summed E-state index contributed by atoms with van der Waals surface area (Å²) in [6, 6.07) is 0. The van der Waals surface area contributed by atoms with E-state index in [4.69, 9.17) is 0 Å². The molecule has 0 saturated carbocycles. The van der Waals surface area contributed by atoms with Crippen LogP contribution in [0.3, 0.4) is 0 Å². The Morgan fingerprint density at radius 3 is 2.62 bits per heavy atom. The largest absolute Gasteiger partial charge is 0.393 e. The molecular weight excluding hydrogens is 202 g/mol. The molecule has 0 fully saturated rings. The van der Waals surface area contributed by atoms with Crippen molar-refractivity contribution in [3.8, 4) is 0 Å². The van der Waals surface area contributed by atoms with Crippen LogP contribution in [0.25, 0.3) is 0 Å². The number of aliphatic hydroxyl groups excluding tert-OH is 1. The van der Waals surface area contributed by atoms with E-state index in [2.05, 4.69) is 30.8 Å². The Hall–Kier alpha value is -0.870. The summed E-state index contributed by atoms with van der Waals surface area (Å²) in [5.74, 6) is 1.05. The Balaban J connectivity index is 2.54. The first kappa shape index (κ1) is 13.2. The zero-order valence-corrected chi connectivity index (χ0v) is 10.9. The van der Waals surface area contributed by atoms with Crippen LogP contribution >= 0.6 is 0 Å². The van der Waals surface area contributed by atoms with Crippen molar-refractivity contribution < 1.29 is 5.11 Å². The van der Waals surface area contributed by atoms with Crippen LogP contribution in [0, 0.1) is 5.41 Å². The SMILES string of the molecule is CC(O)C(C)(C)CN(C)Cc1nccn1C. The third-order valence-corrected chi connectivity index (χ3v) is 3.14. The monoisotopic (exact) mass is 225 g/mol. The van der Waals surface area contributed by atoms with Crippen LogP contribution in [0.1, 0.15) is 26.6 Å². The summed E-state index contributed by atoms with van der Waals surface area (Å²) >= 11 is 0. The Labute approximate surface area is 97.9 Å². The quantitative estimate of drug-likeness (QED) is 0.820. The predicted molar refractivity (Wildman–Crippen MR) is 65.0 cm³/mol. The van der Waals surface area contributed by atoms with Gasteiger partial charge in [-0.05, 0) is 14.0 Å². The summed E-state index contributed by atoms with van der Waals surface area (Å²) in [5.41, 5.74) is -0.0973. The molecule has 1 heterocycles. The average molecular weight is 225 g/mol. The minimum atomic E-state index is -0.309. The van der Waals surface area contributed by atoms with Crippen molar-refractivity contribution in [2.24, 2.45) is 12.5 Å². The highest BCUT2D eigenvalue weighted by atomic mass is 16.3. The molecule has 4 nitrogen and oxygen atoms in total. The van der Waals surface area contributed by atoms with Crippen molar-refractivity contribution in [2.45, 2.75) is 33.4 Å². The molecule has 92 valence electrons. The van der Waals surface area contributed by atoms with Crippen LogP contribution in [-0.4, -0.2) is 39.3 Å². The van der Waals surface area contributed by atoms with Gasteiger partial charge in [-0.1, -0.05) is 13.8 Å². The number of nitrogens with zero attached hydrogens (tertiary/aromatic N) is 3. The molecule has 0 saturated heterocycles. The maximum atomic E-state index is 9.66. The van der Waals surface area contributed by atoms with E-state index < -0.39 is 0 Å². The summed E-state index contributed by atoms with van der Waals surface area (Å²) in [5, 5.41) is 9.66. The van der Waals surface area contributed by atoms with Crippen LogP contribution in [0.2, 0.25) is 0 Å². The van der Waals surface area contributed by atoms with Crippen LogP contribution in [-0.2, 0) is 13.6 Å². The number of hydrogen-bond acceptors (Lipinski definition) is 3. The van der Waals surface area contributed by atoms with Gasteiger partial charge in [0.1, 0.15) is 5.82 Å². The number of hydrogen-bond donors (Lipinski definition) is 1. The van der Waals surface area contributed by atoms with E-state index in [0.29, 0.717) is 0 Å². The molecule has 0 aliphatic rings. The summed E-state index contributed by atoms with van der Waals surface area (Å²) < 4.78 is 2.02. The van der Waals surface area contributed by atoms with E-state index in [0.717, 1.165) is 18.9 Å². The first-order valence-corrected chi connectivity index (χ1v) is 5.66. The molecule has 1 atom stereocenters. The standard InChI is InChI=1S/C12H23N3O/c1-10(16)12(2,3)9-14(4)8-11-13-6-7-15(11)5/h6-7,10,16H,8-9H2,1-5H3. The molecule has 0 bridgehead atoms. The highest BCUT2D eigenvalue weighted by Crippen LogP contribution is 2.21. The molecule has 0 radical (unpaired) electrons. The number of imidazole rings is 1. The molecule has 16 heavy (non-hydrogen) atoms. The van der Waals surface area contributed by atoms with Gasteiger partial charge in [0.15, 0.2) is 0 Å². The number of aromatic nitrogens is 2. The molecule has 1 N–H and O–H groups in total. The maximum Gasteiger partial charge on any atom is 0.122 e. The maximum absolute atomic E-state index is 9.66. The van der Waals surface area contributed by atoms with Gasteiger partial charge in [0.25, 0.3) is 0 Å². The lowest BCUT2D eigenvalue weighted by Crippen LogP contribution is -2.38. The summed E-state index contributed by atoms with van der Waals surface area (Å²) in [6.07, 6.45) is 3.45. The molecule has 1 unspecified atom stereocenters. The normalized spacial score (nSPS) is 14.4. The molecule has 4 heteroatoms. The lowest BCUT2D eigenvalue weighted by atomic mass is 9.87. The third-order valence-electron chi connectivity index (χ3n) is 3.14. The van der Waals surface area contributed by atoms with Gasteiger partial charge < -0.3 is 9.67 Å². The molecule has 0 aliphatic carbocycles. The Bertz CT molecular complexity index is 331. The van der Waals surface area contributed by atoms with Gasteiger partial charge in [-0.25, -0.2) is 4.98 Å². The fourth-order valence-corrected chi connectivity index (χ4v) is 1.67. The number of aryl methyl sites for hydroxylation is 1. The van der Waals surface area contributed by atoms with E-state index in [1.54, 1.807) is 0 Å². The summed E-state index contributed by atoms with van der Waals surface area (Å²) in [4.78, 5) is 6.48. The lowest BCUT2D eigenvalue weighted by Gasteiger charge is -2.32. The Kier molecular flexibility index (Phi) is 4.10. The molecule has 1 aromatic heterocycles. The molecular formula is C12H23N3O. The first-order chi connectivity index (χ1) is 7.33. The van der Waals surface area contributed by atoms with Crippen LogP contribution < -0.4 is 0 Å². The fourth-order valence-electron chi connectivity index (χ4n) is 1.67. The first-order valence-electron chi connectivity index (χ1n) is 5.66. The summed E-state index contributed by atoms with van der Waals surface area (Å²) in [6.45, 7) is 7.64. The molecule has 0 amide bonds. The highest BCUT2D eigenvalue weighted by molar-refractivity contribution is 4.91. The molecule has 1 rings (SSSR count). The molecule has 1 aromatic rings. The van der Waals surface area contributed by atoms with E-state index in [1.807, 2.05) is 30.9 Å². The van der Waals surface area contributed by atoms with Crippen LogP contribution in [0.5, 0.6) is 0 Å². The van der Waals surface area contributed by atoms with Crippen LogP contribution in [0.4, 0.5) is 0 Å². The second kappa shape index (κ2) is 4.97. The smallest absolute Gasteiger partial charge is 0.122 e. The van der Waals surface area contributed by atoms with E-state index in [1.165, 1.54) is 0 Å². The van der Waals surface area contributed by atoms with Crippen molar-refractivity contribution in [1.82, 2.24) is 14.5 Å². The van der Waals surface area contributed by atoms with Crippen molar-refractivity contribution in [3.63, 3.8) is 0 Å². The minimum Gasteiger partial charge on any atom is -0.393 e. The molecule has 0 aliphatic heterocycles.